The van der Waals surface area contributed by atoms with Crippen molar-refractivity contribution >= 4 is 28.4 Å². The zero-order valence-corrected chi connectivity index (χ0v) is 14.9. The third-order valence-corrected chi connectivity index (χ3v) is 5.15. The summed E-state index contributed by atoms with van der Waals surface area (Å²) in [6.07, 6.45) is 5.18. The van der Waals surface area contributed by atoms with Gasteiger partial charge in [-0.1, -0.05) is 32.3 Å². The predicted molar refractivity (Wildman–Crippen MR) is 101 cm³/mol. The largest absolute Gasteiger partial charge is 0.365 e. The molecule has 0 bridgehead atoms. The second kappa shape index (κ2) is 7.29. The highest BCUT2D eigenvalue weighted by Gasteiger charge is 2.28. The average molecular weight is 356 g/mol. The molecule has 7 nitrogen and oxygen atoms in total. The fourth-order valence-electron chi connectivity index (χ4n) is 3.91. The Morgan fingerprint density at radius 1 is 1.23 bits per heavy atom. The lowest BCUT2D eigenvalue weighted by atomic mass is 9.80. The van der Waals surface area contributed by atoms with E-state index in [1.165, 1.54) is 0 Å². The van der Waals surface area contributed by atoms with Crippen LogP contribution in [-0.4, -0.2) is 16.8 Å². The SMILES string of the molecule is CCC(=O)N(N)c1cccc2[nH]c(=O)c(C(N)=O)c(C3CCCCC3)c12. The molecule has 5 N–H and O–H groups in total. The molecule has 1 aliphatic carbocycles. The van der Waals surface area contributed by atoms with E-state index in [1.54, 1.807) is 25.1 Å². The summed E-state index contributed by atoms with van der Waals surface area (Å²) in [5.41, 5.74) is 6.71. The van der Waals surface area contributed by atoms with E-state index in [2.05, 4.69) is 4.98 Å². The maximum Gasteiger partial charge on any atom is 0.261 e. The molecular weight excluding hydrogens is 332 g/mol. The standard InChI is InChI=1S/C19H24N4O3/c1-2-14(24)23(21)13-10-6-9-12-16(13)15(11-7-4-3-5-8-11)17(18(20)25)19(26)22-12/h6,9-11H,2-5,7-8,21H2,1H3,(H2,20,25)(H,22,26). The summed E-state index contributed by atoms with van der Waals surface area (Å²) in [4.78, 5) is 39.5. The number of aromatic amines is 1. The molecule has 2 amide bonds. The maximum atomic E-state index is 12.5. The van der Waals surface area contributed by atoms with Crippen molar-refractivity contribution in [3.05, 3.63) is 39.7 Å². The molecule has 1 heterocycles. The van der Waals surface area contributed by atoms with Gasteiger partial charge in [-0.3, -0.25) is 14.4 Å². The van der Waals surface area contributed by atoms with Gasteiger partial charge in [-0.15, -0.1) is 0 Å². The number of hydrogen-bond donors (Lipinski definition) is 3. The van der Waals surface area contributed by atoms with Gasteiger partial charge < -0.3 is 10.7 Å². The molecule has 1 aliphatic rings. The molecule has 7 heteroatoms. The smallest absolute Gasteiger partial charge is 0.261 e. The number of primary amides is 1. The number of nitrogens with two attached hydrogens (primary N) is 2. The number of carbonyl (C=O) groups excluding carboxylic acids is 2. The van der Waals surface area contributed by atoms with Crippen LogP contribution in [0.3, 0.4) is 0 Å². The quantitative estimate of drug-likeness (QED) is 0.442. The Kier molecular flexibility index (Phi) is 5.08. The van der Waals surface area contributed by atoms with Crippen molar-refractivity contribution in [2.75, 3.05) is 5.01 Å². The van der Waals surface area contributed by atoms with Crippen LogP contribution in [0.5, 0.6) is 0 Å². The van der Waals surface area contributed by atoms with E-state index in [0.29, 0.717) is 22.2 Å². The topological polar surface area (TPSA) is 122 Å². The summed E-state index contributed by atoms with van der Waals surface area (Å²) < 4.78 is 0. The van der Waals surface area contributed by atoms with Gasteiger partial charge in [-0.2, -0.15) is 0 Å². The molecule has 1 aromatic carbocycles. The van der Waals surface area contributed by atoms with Crippen molar-refractivity contribution in [3.63, 3.8) is 0 Å². The number of pyridine rings is 1. The van der Waals surface area contributed by atoms with Gasteiger partial charge in [0.15, 0.2) is 0 Å². The van der Waals surface area contributed by atoms with Crippen molar-refractivity contribution in [1.29, 1.82) is 0 Å². The van der Waals surface area contributed by atoms with Crippen LogP contribution in [0.25, 0.3) is 10.9 Å². The molecule has 0 atom stereocenters. The average Bonchev–Trinajstić information content (AvgIpc) is 2.65. The van der Waals surface area contributed by atoms with Crippen molar-refractivity contribution in [2.45, 2.75) is 51.4 Å². The van der Waals surface area contributed by atoms with E-state index in [9.17, 15) is 14.4 Å². The first-order chi connectivity index (χ1) is 12.5. The van der Waals surface area contributed by atoms with Crippen LogP contribution in [0.15, 0.2) is 23.0 Å². The molecule has 138 valence electrons. The third-order valence-electron chi connectivity index (χ3n) is 5.15. The normalized spacial score (nSPS) is 15.2. The first kappa shape index (κ1) is 18.1. The number of nitrogens with one attached hydrogen (secondary N) is 1. The van der Waals surface area contributed by atoms with Gasteiger partial charge in [0.2, 0.25) is 5.91 Å². The molecule has 0 radical (unpaired) electrons. The number of benzene rings is 1. The lowest BCUT2D eigenvalue weighted by Gasteiger charge is -2.27. The van der Waals surface area contributed by atoms with E-state index in [1.807, 2.05) is 0 Å². The highest BCUT2D eigenvalue weighted by molar-refractivity contribution is 6.07. The zero-order valence-electron chi connectivity index (χ0n) is 14.9. The zero-order chi connectivity index (χ0) is 18.8. The van der Waals surface area contributed by atoms with Gasteiger partial charge in [0.1, 0.15) is 5.56 Å². The summed E-state index contributed by atoms with van der Waals surface area (Å²) in [5, 5.41) is 1.73. The number of rotatable bonds is 4. The lowest BCUT2D eigenvalue weighted by molar-refractivity contribution is -0.118. The fourth-order valence-corrected chi connectivity index (χ4v) is 3.91. The second-order valence-corrected chi connectivity index (χ2v) is 6.76. The Morgan fingerprint density at radius 3 is 2.54 bits per heavy atom. The second-order valence-electron chi connectivity index (χ2n) is 6.76. The van der Waals surface area contributed by atoms with E-state index in [-0.39, 0.29) is 23.8 Å². The molecule has 3 rings (SSSR count). The first-order valence-corrected chi connectivity index (χ1v) is 9.02. The molecule has 1 saturated carbocycles. The number of aromatic nitrogens is 1. The molecular formula is C19H24N4O3. The first-order valence-electron chi connectivity index (χ1n) is 9.02. The number of amides is 2. The van der Waals surface area contributed by atoms with E-state index < -0.39 is 11.5 Å². The van der Waals surface area contributed by atoms with Crippen molar-refractivity contribution in [1.82, 2.24) is 4.98 Å². The number of fused-ring (bicyclic) bond motifs is 1. The van der Waals surface area contributed by atoms with E-state index >= 15 is 0 Å². The van der Waals surface area contributed by atoms with Crippen molar-refractivity contribution < 1.29 is 9.59 Å². The maximum absolute atomic E-state index is 12.5. The highest BCUT2D eigenvalue weighted by Crippen LogP contribution is 2.40. The monoisotopic (exact) mass is 356 g/mol. The number of nitrogens with zero attached hydrogens (tertiary/aromatic N) is 1. The summed E-state index contributed by atoms with van der Waals surface area (Å²) in [6, 6.07) is 5.21. The van der Waals surface area contributed by atoms with Crippen molar-refractivity contribution in [3.8, 4) is 0 Å². The molecule has 0 aliphatic heterocycles. The molecule has 0 saturated heterocycles. The molecule has 1 aromatic heterocycles. The Labute approximate surface area is 151 Å². The van der Waals surface area contributed by atoms with Crippen LogP contribution < -0.4 is 22.1 Å². The van der Waals surface area contributed by atoms with Crippen LogP contribution >= 0.6 is 0 Å². The predicted octanol–water partition coefficient (Wildman–Crippen LogP) is 2.29. The minimum Gasteiger partial charge on any atom is -0.365 e. The minimum atomic E-state index is -0.756. The van der Waals surface area contributed by atoms with Crippen LogP contribution in [0.2, 0.25) is 0 Å². The van der Waals surface area contributed by atoms with Gasteiger partial charge in [0.25, 0.3) is 11.5 Å². The summed E-state index contributed by atoms with van der Waals surface area (Å²) >= 11 is 0. The van der Waals surface area contributed by atoms with Gasteiger partial charge in [-0.25, -0.2) is 10.9 Å². The number of hydrogen-bond acceptors (Lipinski definition) is 4. The van der Waals surface area contributed by atoms with Crippen LogP contribution in [-0.2, 0) is 4.79 Å². The molecule has 26 heavy (non-hydrogen) atoms. The number of hydrazine groups is 1. The van der Waals surface area contributed by atoms with Crippen molar-refractivity contribution in [2.24, 2.45) is 11.6 Å². The Morgan fingerprint density at radius 2 is 1.92 bits per heavy atom. The van der Waals surface area contributed by atoms with Gasteiger partial charge >= 0.3 is 0 Å². The van der Waals surface area contributed by atoms with E-state index in [0.717, 1.165) is 37.1 Å². The van der Waals surface area contributed by atoms with E-state index in [4.69, 9.17) is 11.6 Å². The van der Waals surface area contributed by atoms with Gasteiger partial charge in [0.05, 0.1) is 11.2 Å². The highest BCUT2D eigenvalue weighted by atomic mass is 16.2. The van der Waals surface area contributed by atoms with Crippen LogP contribution in [0.4, 0.5) is 5.69 Å². The number of carbonyl (C=O) groups is 2. The summed E-state index contributed by atoms with van der Waals surface area (Å²) in [5.74, 6) is 5.09. The van der Waals surface area contributed by atoms with Crippen LogP contribution in [0, 0.1) is 0 Å². The molecule has 1 fully saturated rings. The fraction of sp³-hybridized carbons (Fsp3) is 0.421. The van der Waals surface area contributed by atoms with Crippen LogP contribution in [0.1, 0.15) is 67.3 Å². The van der Waals surface area contributed by atoms with Gasteiger partial charge in [-0.05, 0) is 36.5 Å². The Hall–Kier alpha value is -2.67. The summed E-state index contributed by atoms with van der Waals surface area (Å²) in [7, 11) is 0. The minimum absolute atomic E-state index is 0.0193. The number of anilines is 1. The lowest BCUT2D eigenvalue weighted by Crippen LogP contribution is -2.37. The summed E-state index contributed by atoms with van der Waals surface area (Å²) in [6.45, 7) is 1.73. The third kappa shape index (κ3) is 3.10. The Bertz CT molecular complexity index is 913. The molecule has 0 unspecified atom stereocenters. The molecule has 0 spiro atoms. The number of H-pyrrole nitrogens is 1. The Balaban J connectivity index is 2.37. The molecule has 2 aromatic rings. The van der Waals surface area contributed by atoms with Gasteiger partial charge in [0, 0.05) is 11.8 Å².